The van der Waals surface area contributed by atoms with E-state index in [1.165, 1.54) is 6.20 Å². The molecule has 0 radical (unpaired) electrons. The molecule has 21 heavy (non-hydrogen) atoms. The van der Waals surface area contributed by atoms with Crippen molar-refractivity contribution in [3.63, 3.8) is 0 Å². The topological polar surface area (TPSA) is 93.6 Å². The van der Waals surface area contributed by atoms with E-state index in [1.807, 2.05) is 31.2 Å². The first-order valence-corrected chi connectivity index (χ1v) is 7.36. The second kappa shape index (κ2) is 7.36. The molecule has 3 N–H and O–H groups in total. The lowest BCUT2D eigenvalue weighted by atomic mass is 10.3. The van der Waals surface area contributed by atoms with Gasteiger partial charge >= 0.3 is 6.03 Å². The number of nitrogens with zero attached hydrogens (tertiary/aromatic N) is 2. The summed E-state index contributed by atoms with van der Waals surface area (Å²) in [5, 5.41) is 20.7. The van der Waals surface area contributed by atoms with Crippen LogP contribution in [0.5, 0.6) is 0 Å². The largest absolute Gasteiger partial charge is 0.323 e. The van der Waals surface area contributed by atoms with Gasteiger partial charge in [-0.2, -0.15) is 10.4 Å². The lowest BCUT2D eigenvalue weighted by Gasteiger charge is -2.11. The van der Waals surface area contributed by atoms with Crippen LogP contribution in [-0.2, 0) is 0 Å². The Hall–Kier alpha value is -2.46. The van der Waals surface area contributed by atoms with Gasteiger partial charge in [-0.05, 0) is 19.1 Å². The Kier molecular flexibility index (Phi) is 5.23. The molecule has 0 saturated carbocycles. The summed E-state index contributed by atoms with van der Waals surface area (Å²) < 4.78 is 0. The van der Waals surface area contributed by atoms with Crippen LogP contribution in [0.4, 0.5) is 16.2 Å². The van der Waals surface area contributed by atoms with E-state index in [1.54, 1.807) is 18.0 Å². The van der Waals surface area contributed by atoms with E-state index in [9.17, 15) is 4.79 Å². The molecule has 1 aromatic carbocycles. The van der Waals surface area contributed by atoms with Crippen molar-refractivity contribution >= 4 is 29.2 Å². The minimum atomic E-state index is -0.335. The van der Waals surface area contributed by atoms with Crippen molar-refractivity contribution < 1.29 is 4.79 Å². The fraction of sp³-hybridized carbons (Fsp3) is 0.214. The summed E-state index contributed by atoms with van der Waals surface area (Å²) in [6.45, 7) is 1.87. The molecule has 0 aliphatic rings. The van der Waals surface area contributed by atoms with E-state index in [0.717, 1.165) is 4.90 Å². The Labute approximate surface area is 126 Å². The lowest BCUT2D eigenvalue weighted by molar-refractivity contribution is 0.262. The van der Waals surface area contributed by atoms with Gasteiger partial charge in [0.15, 0.2) is 0 Å². The van der Waals surface area contributed by atoms with Crippen molar-refractivity contribution in [1.29, 1.82) is 5.26 Å². The second-order valence-electron chi connectivity index (χ2n) is 4.40. The monoisotopic (exact) mass is 301 g/mol. The molecule has 6 nitrogen and oxygen atoms in total. The van der Waals surface area contributed by atoms with E-state index in [-0.39, 0.29) is 11.9 Å². The van der Waals surface area contributed by atoms with E-state index < -0.39 is 0 Å². The molecule has 0 saturated heterocycles. The normalized spacial score (nSPS) is 11.4. The van der Waals surface area contributed by atoms with Crippen molar-refractivity contribution in [2.45, 2.75) is 11.8 Å². The summed E-state index contributed by atoms with van der Waals surface area (Å²) >= 11 is 1.55. The number of hydrogen-bond donors (Lipinski definition) is 3. The fourth-order valence-electron chi connectivity index (χ4n) is 1.55. The molecule has 2 rings (SSSR count). The molecule has 0 aliphatic heterocycles. The lowest BCUT2D eigenvalue weighted by Crippen LogP contribution is -2.19. The van der Waals surface area contributed by atoms with Crippen molar-refractivity contribution in [2.24, 2.45) is 5.92 Å². The molecular formula is C14H15N5OS. The van der Waals surface area contributed by atoms with Gasteiger partial charge in [-0.25, -0.2) is 4.79 Å². The minimum absolute atomic E-state index is 0.0391. The van der Waals surface area contributed by atoms with Gasteiger partial charge in [0, 0.05) is 16.8 Å². The summed E-state index contributed by atoms with van der Waals surface area (Å²) in [5.74, 6) is 0.640. The summed E-state index contributed by atoms with van der Waals surface area (Å²) in [5.41, 5.74) is 1.31. The Morgan fingerprint density at radius 3 is 3.00 bits per heavy atom. The number of amides is 2. The maximum atomic E-state index is 11.9. The number of nitrogens with one attached hydrogen (secondary N) is 3. The summed E-state index contributed by atoms with van der Waals surface area (Å²) in [6, 6.07) is 9.36. The number of rotatable bonds is 5. The molecule has 108 valence electrons. The van der Waals surface area contributed by atoms with Crippen LogP contribution < -0.4 is 10.6 Å². The van der Waals surface area contributed by atoms with Crippen LogP contribution in [0.15, 0.2) is 41.6 Å². The van der Waals surface area contributed by atoms with Crippen molar-refractivity contribution in [1.82, 2.24) is 10.2 Å². The van der Waals surface area contributed by atoms with Crippen LogP contribution in [-0.4, -0.2) is 22.0 Å². The van der Waals surface area contributed by atoms with Crippen LogP contribution >= 0.6 is 11.8 Å². The summed E-state index contributed by atoms with van der Waals surface area (Å²) in [7, 11) is 0. The zero-order valence-corrected chi connectivity index (χ0v) is 12.3. The minimum Gasteiger partial charge on any atom is -0.307 e. The van der Waals surface area contributed by atoms with Gasteiger partial charge in [0.1, 0.15) is 0 Å². The maximum absolute atomic E-state index is 11.9. The zero-order chi connectivity index (χ0) is 15.1. The van der Waals surface area contributed by atoms with Crippen LogP contribution in [0.2, 0.25) is 0 Å². The number of aromatic amines is 1. The molecule has 1 atom stereocenters. The van der Waals surface area contributed by atoms with Crippen molar-refractivity contribution in [3.05, 3.63) is 36.7 Å². The number of benzene rings is 1. The third kappa shape index (κ3) is 4.54. The first kappa shape index (κ1) is 14.9. The van der Waals surface area contributed by atoms with Crippen LogP contribution in [0.1, 0.15) is 6.92 Å². The quantitative estimate of drug-likeness (QED) is 0.738. The molecule has 1 heterocycles. The number of aromatic nitrogens is 2. The molecule has 0 bridgehead atoms. The molecule has 0 unspecified atom stereocenters. The predicted octanol–water partition coefficient (Wildman–Crippen LogP) is 3.31. The Bertz CT molecular complexity index is 635. The highest BCUT2D eigenvalue weighted by Crippen LogP contribution is 2.28. The molecule has 0 spiro atoms. The number of para-hydroxylation sites is 1. The SMILES string of the molecule is C[C@H](C#N)CSc1ccccc1NC(=O)Nc1cn[nH]c1. The van der Waals surface area contributed by atoms with Crippen molar-refractivity contribution in [3.8, 4) is 6.07 Å². The molecule has 7 heteroatoms. The second-order valence-corrected chi connectivity index (χ2v) is 5.47. The highest BCUT2D eigenvalue weighted by Gasteiger charge is 2.09. The van der Waals surface area contributed by atoms with Gasteiger partial charge in [-0.15, -0.1) is 11.8 Å². The number of hydrogen-bond acceptors (Lipinski definition) is 4. The molecular weight excluding hydrogens is 286 g/mol. The van der Waals surface area contributed by atoms with E-state index in [0.29, 0.717) is 17.1 Å². The average Bonchev–Trinajstić information content (AvgIpc) is 2.98. The van der Waals surface area contributed by atoms with Crippen LogP contribution in [0, 0.1) is 17.2 Å². The Morgan fingerprint density at radius 1 is 1.48 bits per heavy atom. The number of urea groups is 1. The van der Waals surface area contributed by atoms with Gasteiger partial charge < -0.3 is 10.6 Å². The highest BCUT2D eigenvalue weighted by atomic mass is 32.2. The van der Waals surface area contributed by atoms with E-state index in [4.69, 9.17) is 5.26 Å². The van der Waals surface area contributed by atoms with Gasteiger partial charge in [0.25, 0.3) is 0 Å². The van der Waals surface area contributed by atoms with E-state index in [2.05, 4.69) is 26.9 Å². The average molecular weight is 301 g/mol. The number of nitriles is 1. The van der Waals surface area contributed by atoms with Crippen molar-refractivity contribution in [2.75, 3.05) is 16.4 Å². The Morgan fingerprint density at radius 2 is 2.29 bits per heavy atom. The first-order valence-electron chi connectivity index (χ1n) is 6.37. The highest BCUT2D eigenvalue weighted by molar-refractivity contribution is 7.99. The smallest absolute Gasteiger partial charge is 0.307 e. The van der Waals surface area contributed by atoms with Gasteiger partial charge in [-0.1, -0.05) is 12.1 Å². The summed E-state index contributed by atoms with van der Waals surface area (Å²) in [6.07, 6.45) is 3.11. The predicted molar refractivity (Wildman–Crippen MR) is 83.2 cm³/mol. The molecule has 0 fully saturated rings. The van der Waals surface area contributed by atoms with E-state index >= 15 is 0 Å². The first-order chi connectivity index (χ1) is 10.2. The number of anilines is 2. The molecule has 2 amide bonds. The number of H-pyrrole nitrogens is 1. The van der Waals surface area contributed by atoms with Crippen LogP contribution in [0.25, 0.3) is 0 Å². The number of carbonyl (C=O) groups excluding carboxylic acids is 1. The third-order valence-electron chi connectivity index (χ3n) is 2.60. The standard InChI is InChI=1S/C14H15N5OS/c1-10(6-15)9-21-13-5-3-2-4-12(13)19-14(20)18-11-7-16-17-8-11/h2-5,7-8,10H,9H2,1H3,(H,16,17)(H2,18,19,20)/t10-/m1/s1. The van der Waals surface area contributed by atoms with Gasteiger partial charge in [0.2, 0.25) is 0 Å². The number of thioether (sulfide) groups is 1. The molecule has 2 aromatic rings. The summed E-state index contributed by atoms with van der Waals surface area (Å²) in [4.78, 5) is 12.8. The molecule has 1 aromatic heterocycles. The van der Waals surface area contributed by atoms with Gasteiger partial charge in [0.05, 0.1) is 29.6 Å². The fourth-order valence-corrected chi connectivity index (χ4v) is 2.51. The number of carbonyl (C=O) groups is 1. The zero-order valence-electron chi connectivity index (χ0n) is 11.5. The maximum Gasteiger partial charge on any atom is 0.323 e. The van der Waals surface area contributed by atoms with Gasteiger partial charge in [-0.3, -0.25) is 5.10 Å². The third-order valence-corrected chi connectivity index (χ3v) is 3.93. The molecule has 0 aliphatic carbocycles. The Balaban J connectivity index is 1.99. The van der Waals surface area contributed by atoms with Crippen LogP contribution in [0.3, 0.4) is 0 Å².